The van der Waals surface area contributed by atoms with Crippen LogP contribution in [0.1, 0.15) is 49.1 Å². The van der Waals surface area contributed by atoms with Gasteiger partial charge in [-0.3, -0.25) is 3.11 Å². The third-order valence-corrected chi connectivity index (χ3v) is 8.42. The number of thiophene rings is 1. The van der Waals surface area contributed by atoms with Crippen molar-refractivity contribution < 1.29 is 0 Å². The van der Waals surface area contributed by atoms with Gasteiger partial charge in [0.15, 0.2) is 0 Å². The number of benzene rings is 3. The molecule has 0 atom stereocenters. The Morgan fingerprint density at radius 3 is 2.25 bits per heavy atom. The summed E-state index contributed by atoms with van der Waals surface area (Å²) in [7, 11) is 0. The molecular weight excluding hydrogens is 473 g/mol. The summed E-state index contributed by atoms with van der Waals surface area (Å²) in [5.41, 5.74) is 5.40. The maximum atomic E-state index is 2.45. The second-order valence-electron chi connectivity index (χ2n) is 7.93. The number of nitrogens with zero attached hydrogens (tertiary/aromatic N) is 1. The third-order valence-electron chi connectivity index (χ3n) is 6.05. The smallest absolute Gasteiger partial charge is 0.0689 e. The van der Waals surface area contributed by atoms with Crippen LogP contribution >= 0.6 is 34.2 Å². The van der Waals surface area contributed by atoms with Crippen molar-refractivity contribution >= 4 is 65.7 Å². The SMILES string of the molecule is Cc1ccc(N(I)c2cccc3c2sc2c(C4CCCCC4)cccc23)cc1. The average molecular weight is 497 g/mol. The Labute approximate surface area is 184 Å². The number of aryl methyl sites for hydroxylation is 1. The number of rotatable bonds is 3. The zero-order chi connectivity index (χ0) is 19.1. The number of hydrogen-bond donors (Lipinski definition) is 0. The zero-order valence-electron chi connectivity index (χ0n) is 16.1. The van der Waals surface area contributed by atoms with Gasteiger partial charge in [0, 0.05) is 15.5 Å². The summed E-state index contributed by atoms with van der Waals surface area (Å²) in [5, 5.41) is 2.82. The molecule has 0 unspecified atom stereocenters. The lowest BCUT2D eigenvalue weighted by Crippen LogP contribution is -2.04. The fraction of sp³-hybridized carbons (Fsp3) is 0.280. The minimum absolute atomic E-state index is 0.738. The van der Waals surface area contributed by atoms with Crippen molar-refractivity contribution in [2.45, 2.75) is 44.9 Å². The molecule has 0 bridgehead atoms. The van der Waals surface area contributed by atoms with E-state index < -0.39 is 0 Å². The molecule has 0 radical (unpaired) electrons. The highest BCUT2D eigenvalue weighted by atomic mass is 127. The van der Waals surface area contributed by atoms with Crippen LogP contribution in [-0.2, 0) is 0 Å². The molecule has 1 nitrogen and oxygen atoms in total. The zero-order valence-corrected chi connectivity index (χ0v) is 19.1. The minimum Gasteiger partial charge on any atom is -0.282 e. The van der Waals surface area contributed by atoms with Gasteiger partial charge in [0.1, 0.15) is 0 Å². The first-order chi connectivity index (χ1) is 13.7. The summed E-state index contributed by atoms with van der Waals surface area (Å²) < 4.78 is 5.20. The first-order valence-electron chi connectivity index (χ1n) is 10.2. The molecular formula is C25H24INS. The fourth-order valence-corrected chi connectivity index (χ4v) is 6.82. The summed E-state index contributed by atoms with van der Waals surface area (Å²) in [6, 6.07) is 22.5. The summed E-state index contributed by atoms with van der Waals surface area (Å²) in [5.74, 6) is 0.738. The molecule has 3 heteroatoms. The normalized spacial score (nSPS) is 15.4. The van der Waals surface area contributed by atoms with Crippen molar-refractivity contribution in [1.82, 2.24) is 0 Å². The molecule has 1 heterocycles. The Morgan fingerprint density at radius 1 is 0.821 bits per heavy atom. The molecule has 0 saturated heterocycles. The Morgan fingerprint density at radius 2 is 1.50 bits per heavy atom. The van der Waals surface area contributed by atoms with Crippen molar-refractivity contribution in [2.75, 3.05) is 3.11 Å². The first kappa shape index (κ1) is 18.4. The van der Waals surface area contributed by atoms with Crippen molar-refractivity contribution in [1.29, 1.82) is 0 Å². The number of fused-ring (bicyclic) bond motifs is 3. The van der Waals surface area contributed by atoms with Crippen molar-refractivity contribution in [3.05, 3.63) is 71.8 Å². The van der Waals surface area contributed by atoms with E-state index in [1.165, 1.54) is 69.2 Å². The van der Waals surface area contributed by atoms with Crippen molar-refractivity contribution in [3.8, 4) is 0 Å². The summed E-state index contributed by atoms with van der Waals surface area (Å²) in [6.07, 6.45) is 6.87. The highest BCUT2D eigenvalue weighted by molar-refractivity contribution is 14.1. The van der Waals surface area contributed by atoms with Crippen LogP contribution in [0.2, 0.25) is 0 Å². The van der Waals surface area contributed by atoms with Gasteiger partial charge in [0.2, 0.25) is 0 Å². The van der Waals surface area contributed by atoms with E-state index in [0.717, 1.165) is 5.92 Å². The van der Waals surface area contributed by atoms with E-state index in [1.54, 1.807) is 5.56 Å². The fourth-order valence-electron chi connectivity index (χ4n) is 4.53. The second-order valence-corrected chi connectivity index (χ2v) is 9.92. The topological polar surface area (TPSA) is 3.24 Å². The molecule has 0 spiro atoms. The van der Waals surface area contributed by atoms with Gasteiger partial charge in [0.05, 0.1) is 38.9 Å². The maximum absolute atomic E-state index is 2.45. The van der Waals surface area contributed by atoms with Crippen LogP contribution in [0.15, 0.2) is 60.7 Å². The van der Waals surface area contributed by atoms with E-state index in [-0.39, 0.29) is 0 Å². The van der Waals surface area contributed by atoms with E-state index in [1.807, 2.05) is 11.3 Å². The molecule has 1 aliphatic rings. The number of hydrogen-bond acceptors (Lipinski definition) is 2. The largest absolute Gasteiger partial charge is 0.282 e. The van der Waals surface area contributed by atoms with Gasteiger partial charge in [-0.2, -0.15) is 0 Å². The van der Waals surface area contributed by atoms with Gasteiger partial charge in [-0.15, -0.1) is 11.3 Å². The van der Waals surface area contributed by atoms with Crippen LogP contribution in [0.4, 0.5) is 11.4 Å². The highest BCUT2D eigenvalue weighted by Gasteiger charge is 2.21. The van der Waals surface area contributed by atoms with Crippen LogP contribution in [0, 0.1) is 6.92 Å². The lowest BCUT2D eigenvalue weighted by atomic mass is 9.84. The molecule has 0 amide bonds. The quantitative estimate of drug-likeness (QED) is 0.202. The molecule has 1 fully saturated rings. The number of anilines is 2. The van der Waals surface area contributed by atoms with Gasteiger partial charge in [-0.05, 0) is 49.4 Å². The van der Waals surface area contributed by atoms with E-state index >= 15 is 0 Å². The Balaban J connectivity index is 1.66. The molecule has 28 heavy (non-hydrogen) atoms. The molecule has 0 aliphatic heterocycles. The minimum atomic E-state index is 0.738. The van der Waals surface area contributed by atoms with Crippen LogP contribution in [0.25, 0.3) is 20.2 Å². The predicted octanol–water partition coefficient (Wildman–Crippen LogP) is 8.90. The molecule has 1 saturated carbocycles. The standard InChI is InChI=1S/C25H24INS/c1-17-13-15-19(16-14-17)27(26)23-12-6-11-22-21-10-5-9-20(24(21)28-25(22)23)18-7-3-2-4-8-18/h5-6,9-16,18H,2-4,7-8H2,1H3. The molecule has 3 aromatic carbocycles. The second kappa shape index (κ2) is 7.68. The lowest BCUT2D eigenvalue weighted by Gasteiger charge is -2.22. The van der Waals surface area contributed by atoms with Crippen molar-refractivity contribution in [3.63, 3.8) is 0 Å². The molecule has 0 N–H and O–H groups in total. The summed E-state index contributed by atoms with van der Waals surface area (Å²) >= 11 is 4.44. The van der Waals surface area contributed by atoms with Crippen LogP contribution in [0.5, 0.6) is 0 Å². The summed E-state index contributed by atoms with van der Waals surface area (Å²) in [6.45, 7) is 2.14. The Kier molecular flexibility index (Phi) is 5.06. The Bertz CT molecular complexity index is 1120. The maximum Gasteiger partial charge on any atom is 0.0689 e. The van der Waals surface area contributed by atoms with Gasteiger partial charge in [-0.25, -0.2) is 0 Å². The van der Waals surface area contributed by atoms with E-state index in [9.17, 15) is 0 Å². The number of halogens is 1. The lowest BCUT2D eigenvalue weighted by molar-refractivity contribution is 0.446. The van der Waals surface area contributed by atoms with E-state index in [2.05, 4.69) is 93.6 Å². The van der Waals surface area contributed by atoms with Gasteiger partial charge < -0.3 is 0 Å². The monoisotopic (exact) mass is 497 g/mol. The predicted molar refractivity (Wildman–Crippen MR) is 132 cm³/mol. The van der Waals surface area contributed by atoms with E-state index in [0.29, 0.717) is 0 Å². The van der Waals surface area contributed by atoms with Crippen LogP contribution in [-0.4, -0.2) is 0 Å². The van der Waals surface area contributed by atoms with Gasteiger partial charge >= 0.3 is 0 Å². The molecule has 1 aromatic heterocycles. The van der Waals surface area contributed by atoms with Crippen LogP contribution < -0.4 is 3.11 Å². The highest BCUT2D eigenvalue weighted by Crippen LogP contribution is 2.46. The molecule has 1 aliphatic carbocycles. The third kappa shape index (κ3) is 3.22. The summed E-state index contributed by atoms with van der Waals surface area (Å²) in [4.78, 5) is 0. The molecule has 142 valence electrons. The first-order valence-corrected chi connectivity index (χ1v) is 12.0. The molecule has 5 rings (SSSR count). The van der Waals surface area contributed by atoms with E-state index in [4.69, 9.17) is 0 Å². The van der Waals surface area contributed by atoms with Crippen molar-refractivity contribution in [2.24, 2.45) is 0 Å². The average Bonchev–Trinajstić information content (AvgIpc) is 3.13. The molecule has 4 aromatic rings. The Hall–Kier alpha value is -1.59. The van der Waals surface area contributed by atoms with Crippen LogP contribution in [0.3, 0.4) is 0 Å². The van der Waals surface area contributed by atoms with Gasteiger partial charge in [-0.1, -0.05) is 67.3 Å². The van der Waals surface area contributed by atoms with Gasteiger partial charge in [0.25, 0.3) is 0 Å².